The maximum atomic E-state index is 12.6. The van der Waals surface area contributed by atoms with Gasteiger partial charge in [-0.2, -0.15) is 0 Å². The molecule has 2 saturated heterocycles. The molecule has 1 amide bonds. The summed E-state index contributed by atoms with van der Waals surface area (Å²) in [5, 5.41) is 0.618. The Balaban J connectivity index is 1.05. The van der Waals surface area contributed by atoms with E-state index in [0.717, 1.165) is 83.9 Å². The summed E-state index contributed by atoms with van der Waals surface area (Å²) in [6, 6.07) is 14.3. The Hall–Kier alpha value is -2.45. The van der Waals surface area contributed by atoms with E-state index in [0.29, 0.717) is 29.3 Å². The second-order valence-electron chi connectivity index (χ2n) is 10.1. The summed E-state index contributed by atoms with van der Waals surface area (Å²) in [4.78, 5) is 34.2. The minimum Gasteiger partial charge on any atom is -0.494 e. The molecule has 0 bridgehead atoms. The van der Waals surface area contributed by atoms with Crippen LogP contribution in [0.15, 0.2) is 48.5 Å². The number of nitrogens with zero attached hydrogens (tertiary/aromatic N) is 4. The minimum absolute atomic E-state index is 0.0225. The molecule has 0 radical (unpaired) electrons. The second kappa shape index (κ2) is 13.9. The number of benzene rings is 2. The van der Waals surface area contributed by atoms with Crippen molar-refractivity contribution in [3.05, 3.63) is 64.7 Å². The average molecular weight is 527 g/mol. The number of likely N-dealkylation sites (N-methyl/N-ethyl adjacent to an activating group) is 1. The van der Waals surface area contributed by atoms with E-state index in [9.17, 15) is 9.59 Å². The van der Waals surface area contributed by atoms with E-state index in [-0.39, 0.29) is 11.7 Å². The van der Waals surface area contributed by atoms with Crippen LogP contribution in [0.5, 0.6) is 5.75 Å². The van der Waals surface area contributed by atoms with Crippen molar-refractivity contribution in [1.82, 2.24) is 19.6 Å². The third-order valence-electron chi connectivity index (χ3n) is 7.29. The van der Waals surface area contributed by atoms with Gasteiger partial charge in [0.25, 0.3) is 0 Å². The highest BCUT2D eigenvalue weighted by Crippen LogP contribution is 2.18. The Morgan fingerprint density at radius 2 is 1.35 bits per heavy atom. The molecule has 2 fully saturated rings. The standard InChI is InChI=1S/C29H39ClN4O3/c1-31-14-20-34(21-15-31)28(35)23-33-18-16-32(17-19-33)13-3-2-4-22-37-27-11-7-25(8-12-27)29(36)24-5-9-26(30)10-6-24/h5-12H,2-4,13-23H2,1H3. The number of carbonyl (C=O) groups excluding carboxylic acids is 2. The number of piperazine rings is 2. The van der Waals surface area contributed by atoms with Crippen LogP contribution in [-0.2, 0) is 4.79 Å². The molecule has 2 aliphatic rings. The Labute approximate surface area is 225 Å². The first kappa shape index (κ1) is 27.6. The van der Waals surface area contributed by atoms with Crippen LogP contribution in [0.25, 0.3) is 0 Å². The minimum atomic E-state index is -0.0225. The Morgan fingerprint density at radius 3 is 2.00 bits per heavy atom. The number of halogens is 1. The molecule has 7 nitrogen and oxygen atoms in total. The van der Waals surface area contributed by atoms with Gasteiger partial charge in [-0.3, -0.25) is 14.5 Å². The summed E-state index contributed by atoms with van der Waals surface area (Å²) < 4.78 is 5.87. The monoisotopic (exact) mass is 526 g/mol. The average Bonchev–Trinajstić information content (AvgIpc) is 2.92. The molecule has 4 rings (SSSR count). The first-order valence-electron chi connectivity index (χ1n) is 13.4. The van der Waals surface area contributed by atoms with Crippen LogP contribution < -0.4 is 4.74 Å². The second-order valence-corrected chi connectivity index (χ2v) is 10.5. The van der Waals surface area contributed by atoms with Crippen molar-refractivity contribution in [2.75, 3.05) is 79.1 Å². The number of amides is 1. The number of unbranched alkanes of at least 4 members (excludes halogenated alkanes) is 2. The van der Waals surface area contributed by atoms with Crippen molar-refractivity contribution >= 4 is 23.3 Å². The van der Waals surface area contributed by atoms with Crippen molar-refractivity contribution < 1.29 is 14.3 Å². The van der Waals surface area contributed by atoms with E-state index in [1.165, 1.54) is 0 Å². The fourth-order valence-electron chi connectivity index (χ4n) is 4.79. The first-order chi connectivity index (χ1) is 18.0. The Morgan fingerprint density at radius 1 is 0.757 bits per heavy atom. The smallest absolute Gasteiger partial charge is 0.236 e. The number of ether oxygens (including phenoxy) is 1. The molecule has 8 heteroatoms. The molecule has 2 aromatic carbocycles. The third-order valence-corrected chi connectivity index (χ3v) is 7.54. The Kier molecular flexibility index (Phi) is 10.4. The van der Waals surface area contributed by atoms with Gasteiger partial charge in [-0.15, -0.1) is 0 Å². The number of hydrogen-bond acceptors (Lipinski definition) is 6. The normalized spacial score (nSPS) is 17.6. The summed E-state index contributed by atoms with van der Waals surface area (Å²) >= 11 is 5.90. The van der Waals surface area contributed by atoms with Gasteiger partial charge < -0.3 is 19.4 Å². The number of hydrogen-bond donors (Lipinski definition) is 0. The van der Waals surface area contributed by atoms with Gasteiger partial charge >= 0.3 is 0 Å². The lowest BCUT2D eigenvalue weighted by molar-refractivity contribution is -0.134. The van der Waals surface area contributed by atoms with E-state index in [2.05, 4.69) is 21.7 Å². The van der Waals surface area contributed by atoms with E-state index in [1.54, 1.807) is 24.3 Å². The highest BCUT2D eigenvalue weighted by molar-refractivity contribution is 6.30. The van der Waals surface area contributed by atoms with Crippen molar-refractivity contribution in [2.45, 2.75) is 19.3 Å². The van der Waals surface area contributed by atoms with Crippen LogP contribution in [0.3, 0.4) is 0 Å². The zero-order chi connectivity index (χ0) is 26.0. The third kappa shape index (κ3) is 8.54. The zero-order valence-corrected chi connectivity index (χ0v) is 22.7. The molecule has 0 N–H and O–H groups in total. The fourth-order valence-corrected chi connectivity index (χ4v) is 4.92. The maximum absolute atomic E-state index is 12.6. The van der Waals surface area contributed by atoms with Crippen LogP contribution in [0, 0.1) is 0 Å². The van der Waals surface area contributed by atoms with Crippen molar-refractivity contribution in [2.24, 2.45) is 0 Å². The van der Waals surface area contributed by atoms with Gasteiger partial charge in [0.1, 0.15) is 5.75 Å². The predicted molar refractivity (Wildman–Crippen MR) is 148 cm³/mol. The van der Waals surface area contributed by atoms with Crippen LogP contribution >= 0.6 is 11.6 Å². The van der Waals surface area contributed by atoms with Gasteiger partial charge in [0, 0.05) is 68.5 Å². The predicted octanol–water partition coefficient (Wildman–Crippen LogP) is 3.51. The Bertz CT molecular complexity index is 999. The van der Waals surface area contributed by atoms with Gasteiger partial charge in [-0.1, -0.05) is 11.6 Å². The summed E-state index contributed by atoms with van der Waals surface area (Å²) in [7, 11) is 2.11. The van der Waals surface area contributed by atoms with E-state index >= 15 is 0 Å². The van der Waals surface area contributed by atoms with Gasteiger partial charge in [-0.25, -0.2) is 0 Å². The molecule has 37 heavy (non-hydrogen) atoms. The maximum Gasteiger partial charge on any atom is 0.236 e. The first-order valence-corrected chi connectivity index (χ1v) is 13.8. The van der Waals surface area contributed by atoms with E-state index in [1.807, 2.05) is 29.2 Å². The summed E-state index contributed by atoms with van der Waals surface area (Å²) in [6.45, 7) is 10.0. The molecule has 0 unspecified atom stereocenters. The van der Waals surface area contributed by atoms with Gasteiger partial charge in [-0.05, 0) is 81.4 Å². The van der Waals surface area contributed by atoms with Crippen LogP contribution in [0.1, 0.15) is 35.2 Å². The molecule has 0 aliphatic carbocycles. The molecular weight excluding hydrogens is 488 g/mol. The SMILES string of the molecule is CN1CCN(C(=O)CN2CCN(CCCCCOc3ccc(C(=O)c4ccc(Cl)cc4)cc3)CC2)CC1. The van der Waals surface area contributed by atoms with Gasteiger partial charge in [0.05, 0.1) is 13.2 Å². The molecule has 200 valence electrons. The molecule has 2 aliphatic heterocycles. The number of ketones is 1. The fraction of sp³-hybridized carbons (Fsp3) is 0.517. The lowest BCUT2D eigenvalue weighted by Gasteiger charge is -2.37. The summed E-state index contributed by atoms with van der Waals surface area (Å²) in [5.74, 6) is 1.05. The molecule has 0 atom stereocenters. The van der Waals surface area contributed by atoms with Crippen molar-refractivity contribution in [3.8, 4) is 5.75 Å². The quantitative estimate of drug-likeness (QED) is 0.330. The van der Waals surface area contributed by atoms with Crippen LogP contribution in [0.2, 0.25) is 5.02 Å². The molecular formula is C29H39ClN4O3. The lowest BCUT2D eigenvalue weighted by Crippen LogP contribution is -2.53. The van der Waals surface area contributed by atoms with E-state index in [4.69, 9.17) is 16.3 Å². The molecule has 0 saturated carbocycles. The summed E-state index contributed by atoms with van der Waals surface area (Å²) in [6.07, 6.45) is 3.28. The van der Waals surface area contributed by atoms with Crippen molar-refractivity contribution in [1.29, 1.82) is 0 Å². The largest absolute Gasteiger partial charge is 0.494 e. The number of rotatable bonds is 11. The molecule has 0 spiro atoms. The molecule has 2 heterocycles. The highest BCUT2D eigenvalue weighted by Gasteiger charge is 2.23. The topological polar surface area (TPSA) is 56.3 Å². The van der Waals surface area contributed by atoms with Gasteiger partial charge in [0.2, 0.25) is 5.91 Å². The lowest BCUT2D eigenvalue weighted by atomic mass is 10.0. The zero-order valence-electron chi connectivity index (χ0n) is 21.9. The van der Waals surface area contributed by atoms with Gasteiger partial charge in [0.15, 0.2) is 5.78 Å². The number of carbonyl (C=O) groups is 2. The molecule has 2 aromatic rings. The highest BCUT2D eigenvalue weighted by atomic mass is 35.5. The van der Waals surface area contributed by atoms with Crippen molar-refractivity contribution in [3.63, 3.8) is 0 Å². The molecule has 0 aromatic heterocycles. The van der Waals surface area contributed by atoms with Crippen LogP contribution in [0.4, 0.5) is 0 Å². The summed E-state index contributed by atoms with van der Waals surface area (Å²) in [5.41, 5.74) is 1.26. The van der Waals surface area contributed by atoms with E-state index < -0.39 is 0 Å². The van der Waals surface area contributed by atoms with Crippen LogP contribution in [-0.4, -0.2) is 110 Å².